The Balaban J connectivity index is 0.000000166. The third kappa shape index (κ3) is 14.6. The zero-order valence-electron chi connectivity index (χ0n) is 33.5. The van der Waals surface area contributed by atoms with Gasteiger partial charge in [0.25, 0.3) is 0 Å². The summed E-state index contributed by atoms with van der Waals surface area (Å²) in [5, 5.41) is 8.39. The first-order valence-electron chi connectivity index (χ1n) is 19.6. The first-order valence-corrected chi connectivity index (χ1v) is 27.4. The number of hydrogen-bond donors (Lipinski definition) is 0. The molecule has 9 aromatic carbocycles. The molecule has 1 nitrogen and oxygen atoms in total. The maximum atomic E-state index is 7.50. The van der Waals surface area contributed by atoms with Crippen LogP contribution in [-0.4, -0.2) is 14.7 Å². The van der Waals surface area contributed by atoms with Crippen LogP contribution in [0.4, 0.5) is 0 Å². The van der Waals surface area contributed by atoms with Gasteiger partial charge in [0.1, 0.15) is 0 Å². The minimum atomic E-state index is -1.39. The van der Waals surface area contributed by atoms with Crippen molar-refractivity contribution in [2.24, 2.45) is 0 Å². The van der Waals surface area contributed by atoms with Crippen LogP contribution in [0.3, 0.4) is 0 Å². The van der Waals surface area contributed by atoms with Crippen LogP contribution in [0.5, 0.6) is 0 Å². The van der Waals surface area contributed by atoms with Crippen molar-refractivity contribution in [3.05, 3.63) is 280 Å². The summed E-state index contributed by atoms with van der Waals surface area (Å²) in [5.41, 5.74) is 0. The first kappa shape index (κ1) is 47.1. The van der Waals surface area contributed by atoms with E-state index in [-0.39, 0.29) is 0 Å². The summed E-state index contributed by atoms with van der Waals surface area (Å²) in [5.74, 6) is 0. The van der Waals surface area contributed by atoms with Gasteiger partial charge in [0.2, 0.25) is 0 Å². The molecule has 0 saturated heterocycles. The number of halogens is 1. The van der Waals surface area contributed by atoms with Crippen LogP contribution < -0.4 is 44.9 Å². The monoisotopic (exact) mass is 996 g/mol. The summed E-state index contributed by atoms with van der Waals surface area (Å²) in [7, 11) is 3.72. The Morgan fingerprint density at radius 3 is 0.541 bits per heavy atom. The SMILES string of the molecule is [C-]#[O+].[Cl][RuH].c1ccc(P(c2ccccc2)c2ccccc2)cc1.c1ccc(P(c2ccccc2)c2ccccc2)cc1.c1ccc([As](c2ccccc2)c2ccccc2)cc1. The number of benzene rings is 9. The predicted molar refractivity (Wildman–Crippen MR) is 265 cm³/mol. The molecule has 0 saturated carbocycles. The fraction of sp³-hybridized carbons (Fsp3) is 0. The van der Waals surface area contributed by atoms with Crippen molar-refractivity contribution in [2.75, 3.05) is 0 Å². The molecule has 9 aromatic rings. The molecule has 302 valence electrons. The maximum absolute atomic E-state index is 7.50. The fourth-order valence-corrected chi connectivity index (χ4v) is 16.0. The second kappa shape index (κ2) is 27.8. The van der Waals surface area contributed by atoms with Crippen LogP contribution in [0.2, 0.25) is 0 Å². The van der Waals surface area contributed by atoms with Gasteiger partial charge in [-0.05, 0) is 47.7 Å². The summed E-state index contributed by atoms with van der Waals surface area (Å²) in [6.45, 7) is 4.50. The summed E-state index contributed by atoms with van der Waals surface area (Å²) in [6.07, 6.45) is 0. The van der Waals surface area contributed by atoms with Crippen molar-refractivity contribution in [3.8, 4) is 0 Å². The van der Waals surface area contributed by atoms with E-state index in [0.717, 1.165) is 0 Å². The van der Waals surface area contributed by atoms with Crippen molar-refractivity contribution < 1.29 is 22.0 Å². The minimum absolute atomic E-state index is 0.446. The van der Waals surface area contributed by atoms with E-state index in [4.69, 9.17) is 4.65 Å². The Hall–Kier alpha value is -4.95. The van der Waals surface area contributed by atoms with Crippen molar-refractivity contribution in [2.45, 2.75) is 0 Å². The van der Waals surface area contributed by atoms with E-state index in [2.05, 4.69) is 289 Å². The molecule has 0 radical (unpaired) electrons. The Bertz CT molecular complexity index is 1930. The molecule has 6 heteroatoms. The summed E-state index contributed by atoms with van der Waals surface area (Å²) >= 11 is 0.233. The average molecular weight is 996 g/mol. The van der Waals surface area contributed by atoms with Gasteiger partial charge in [0.05, 0.1) is 0 Å². The second-order valence-corrected chi connectivity index (χ2v) is 22.1. The van der Waals surface area contributed by atoms with Crippen molar-refractivity contribution >= 4 is 85.1 Å². The fourth-order valence-electron chi connectivity index (χ4n) is 6.54. The molecule has 0 unspecified atom stereocenters. The van der Waals surface area contributed by atoms with Crippen LogP contribution in [0.1, 0.15) is 0 Å². The Kier molecular flexibility index (Phi) is 21.5. The van der Waals surface area contributed by atoms with Crippen molar-refractivity contribution in [1.29, 1.82) is 0 Å². The quantitative estimate of drug-likeness (QED) is 0.0595. The van der Waals surface area contributed by atoms with Crippen LogP contribution in [0.15, 0.2) is 273 Å². The normalized spacial score (nSPS) is 10.0. The molecule has 61 heavy (non-hydrogen) atoms. The van der Waals surface area contributed by atoms with Crippen LogP contribution in [0, 0.1) is 6.65 Å². The molecule has 0 heterocycles. The van der Waals surface area contributed by atoms with E-state index < -0.39 is 30.5 Å². The Morgan fingerprint density at radius 2 is 0.393 bits per heavy atom. The summed E-state index contributed by atoms with van der Waals surface area (Å²) in [4.78, 5) is 0. The molecule has 0 aromatic heterocycles. The van der Waals surface area contributed by atoms with Gasteiger partial charge in [-0.1, -0.05) is 182 Å². The van der Waals surface area contributed by atoms with E-state index in [1.54, 1.807) is 17.3 Å². The topological polar surface area (TPSA) is 19.9 Å². The summed E-state index contributed by atoms with van der Waals surface area (Å²) < 4.78 is 11.9. The van der Waals surface area contributed by atoms with Crippen molar-refractivity contribution in [3.63, 3.8) is 0 Å². The third-order valence-electron chi connectivity index (χ3n) is 9.13. The molecule has 0 bridgehead atoms. The number of rotatable bonds is 9. The molecule has 0 aliphatic rings. The molecule has 0 aliphatic heterocycles. The molecule has 0 fully saturated rings. The van der Waals surface area contributed by atoms with Crippen LogP contribution >= 0.6 is 25.5 Å². The van der Waals surface area contributed by atoms with Crippen LogP contribution in [-0.2, 0) is 22.0 Å². The standard InChI is InChI=1S/C18H15As.2C18H15P.CO.ClH.Ru.H/c3*1-4-10-16(11-5-1)19(17-12-6-2-7-13-17)18-14-8-3-9-15-18;1-2;;;/h3*1-15H;;1H;;/q;;;;;+1;/p-1. The van der Waals surface area contributed by atoms with E-state index in [0.29, 0.717) is 0 Å². The van der Waals surface area contributed by atoms with Gasteiger partial charge in [-0.15, -0.1) is 0 Å². The molecular weight excluding hydrogens is 950 g/mol. The molecule has 9 rings (SSSR count). The Labute approximate surface area is 383 Å². The molecule has 0 N–H and O–H groups in total. The molecule has 0 atom stereocenters. The number of hydrogen-bond acceptors (Lipinski definition) is 0. The van der Waals surface area contributed by atoms with Gasteiger partial charge in [-0.3, -0.25) is 0 Å². The zero-order valence-corrected chi connectivity index (χ0v) is 39.8. The summed E-state index contributed by atoms with van der Waals surface area (Å²) in [6, 6.07) is 97.4. The first-order chi connectivity index (χ1) is 30.3. The molecular formula is C55H46AsClOP2Ru. The van der Waals surface area contributed by atoms with Gasteiger partial charge in [-0.2, -0.15) is 0 Å². The average Bonchev–Trinajstić information content (AvgIpc) is 3.37. The van der Waals surface area contributed by atoms with Gasteiger partial charge in [0.15, 0.2) is 0 Å². The molecule has 0 amide bonds. The van der Waals surface area contributed by atoms with Gasteiger partial charge < -0.3 is 0 Å². The van der Waals surface area contributed by atoms with Gasteiger partial charge in [-0.25, -0.2) is 0 Å². The van der Waals surface area contributed by atoms with E-state index in [9.17, 15) is 0 Å². The second-order valence-electron chi connectivity index (χ2n) is 13.0. The van der Waals surface area contributed by atoms with Crippen LogP contribution in [0.25, 0.3) is 0 Å². The van der Waals surface area contributed by atoms with E-state index in [1.165, 1.54) is 44.9 Å². The zero-order chi connectivity index (χ0) is 42.7. The van der Waals surface area contributed by atoms with Gasteiger partial charge >= 0.3 is 157 Å². The van der Waals surface area contributed by atoms with E-state index in [1.807, 2.05) is 0 Å². The Morgan fingerprint density at radius 1 is 0.262 bits per heavy atom. The van der Waals surface area contributed by atoms with Gasteiger partial charge in [0, 0.05) is 0 Å². The van der Waals surface area contributed by atoms with Crippen molar-refractivity contribution in [1.82, 2.24) is 0 Å². The predicted octanol–water partition coefficient (Wildman–Crippen LogP) is 9.47. The van der Waals surface area contributed by atoms with E-state index >= 15 is 0 Å². The third-order valence-corrected chi connectivity index (χ3v) is 19.1. The molecule has 0 spiro atoms. The molecule has 0 aliphatic carbocycles.